The van der Waals surface area contributed by atoms with Gasteiger partial charge in [0.25, 0.3) is 0 Å². The third-order valence-electron chi connectivity index (χ3n) is 5.69. The van der Waals surface area contributed by atoms with Crippen molar-refractivity contribution >= 4 is 11.9 Å². The molecule has 1 aromatic rings. The number of hydrogen-bond acceptors (Lipinski definition) is 2. The zero-order valence-corrected chi connectivity index (χ0v) is 14.1. The smallest absolute Gasteiger partial charge is 0.310 e. The van der Waals surface area contributed by atoms with Crippen LogP contribution in [0.5, 0.6) is 0 Å². The molecule has 2 fully saturated rings. The van der Waals surface area contributed by atoms with Crippen LogP contribution in [0.25, 0.3) is 0 Å². The molecule has 0 aromatic heterocycles. The molecule has 4 nitrogen and oxygen atoms in total. The van der Waals surface area contributed by atoms with Crippen LogP contribution in [0.4, 0.5) is 8.78 Å². The van der Waals surface area contributed by atoms with E-state index in [4.69, 9.17) is 0 Å². The highest BCUT2D eigenvalue weighted by molar-refractivity contribution is 5.86. The van der Waals surface area contributed by atoms with Crippen LogP contribution in [0.2, 0.25) is 0 Å². The van der Waals surface area contributed by atoms with E-state index in [9.17, 15) is 23.5 Å². The second-order valence-electron chi connectivity index (χ2n) is 7.31. The number of amides is 1. The minimum atomic E-state index is -0.978. The molecule has 0 bridgehead atoms. The lowest BCUT2D eigenvalue weighted by Crippen LogP contribution is -2.46. The molecule has 0 aliphatic heterocycles. The lowest BCUT2D eigenvalue weighted by atomic mass is 9.66. The van der Waals surface area contributed by atoms with Crippen LogP contribution < -0.4 is 0 Å². The van der Waals surface area contributed by atoms with Gasteiger partial charge in [0.1, 0.15) is 11.6 Å². The Labute approximate surface area is 145 Å². The van der Waals surface area contributed by atoms with Gasteiger partial charge in [-0.05, 0) is 43.9 Å². The van der Waals surface area contributed by atoms with Crippen molar-refractivity contribution in [1.29, 1.82) is 0 Å². The third kappa shape index (κ3) is 3.67. The number of rotatable bonds is 6. The Hall–Kier alpha value is -1.98. The van der Waals surface area contributed by atoms with Crippen LogP contribution in [0.3, 0.4) is 0 Å². The standard InChI is InChI=1S/C19H23F2NO3/c20-14-6-7-16(21)13(10-14)12-22(15-4-1-2-5-15)17(23)11-19(18(24)25)8-3-9-19/h6-7,10,15H,1-5,8-9,11-12H2,(H,24,25). The van der Waals surface area contributed by atoms with E-state index in [-0.39, 0.29) is 30.5 Å². The molecule has 1 N–H and O–H groups in total. The quantitative estimate of drug-likeness (QED) is 0.846. The number of halogens is 2. The van der Waals surface area contributed by atoms with E-state index in [0.717, 1.165) is 50.3 Å². The zero-order valence-electron chi connectivity index (χ0n) is 14.1. The van der Waals surface area contributed by atoms with Crippen molar-refractivity contribution in [2.75, 3.05) is 0 Å². The number of carbonyl (C=O) groups is 2. The number of aliphatic carboxylic acids is 1. The van der Waals surface area contributed by atoms with Crippen molar-refractivity contribution in [3.05, 3.63) is 35.4 Å². The van der Waals surface area contributed by atoms with Crippen molar-refractivity contribution in [1.82, 2.24) is 4.90 Å². The van der Waals surface area contributed by atoms with Crippen LogP contribution in [-0.2, 0) is 16.1 Å². The second-order valence-corrected chi connectivity index (χ2v) is 7.31. The molecule has 25 heavy (non-hydrogen) atoms. The molecule has 2 saturated carbocycles. The number of benzene rings is 1. The van der Waals surface area contributed by atoms with Gasteiger partial charge in [-0.15, -0.1) is 0 Å². The summed E-state index contributed by atoms with van der Waals surface area (Å²) in [5.74, 6) is -2.29. The number of carboxylic acid groups (broad SMARTS) is 1. The third-order valence-corrected chi connectivity index (χ3v) is 5.69. The minimum Gasteiger partial charge on any atom is -0.481 e. The largest absolute Gasteiger partial charge is 0.481 e. The first-order valence-corrected chi connectivity index (χ1v) is 8.88. The highest BCUT2D eigenvalue weighted by Crippen LogP contribution is 2.45. The molecule has 0 spiro atoms. The summed E-state index contributed by atoms with van der Waals surface area (Å²) in [4.78, 5) is 26.0. The van der Waals surface area contributed by atoms with Crippen molar-refractivity contribution in [2.24, 2.45) is 5.41 Å². The van der Waals surface area contributed by atoms with Crippen molar-refractivity contribution < 1.29 is 23.5 Å². The fourth-order valence-corrected chi connectivity index (χ4v) is 3.95. The van der Waals surface area contributed by atoms with Gasteiger partial charge in [0.2, 0.25) is 5.91 Å². The second kappa shape index (κ2) is 7.10. The van der Waals surface area contributed by atoms with Gasteiger partial charge in [-0.3, -0.25) is 9.59 Å². The van der Waals surface area contributed by atoms with Crippen LogP contribution in [-0.4, -0.2) is 27.9 Å². The zero-order chi connectivity index (χ0) is 18.0. The predicted molar refractivity (Wildman–Crippen MR) is 87.7 cm³/mol. The summed E-state index contributed by atoms with van der Waals surface area (Å²) in [5.41, 5.74) is -0.841. The average Bonchev–Trinajstić information content (AvgIpc) is 3.05. The Kier molecular flexibility index (Phi) is 5.06. The summed E-state index contributed by atoms with van der Waals surface area (Å²) in [6.07, 6.45) is 5.37. The first kappa shape index (κ1) is 17.8. The summed E-state index contributed by atoms with van der Waals surface area (Å²) in [6, 6.07) is 3.20. The summed E-state index contributed by atoms with van der Waals surface area (Å²) in [5, 5.41) is 9.47. The molecule has 0 saturated heterocycles. The summed E-state index contributed by atoms with van der Waals surface area (Å²) >= 11 is 0. The molecule has 1 amide bonds. The Morgan fingerprint density at radius 1 is 1.16 bits per heavy atom. The van der Waals surface area contributed by atoms with E-state index in [1.807, 2.05) is 0 Å². The van der Waals surface area contributed by atoms with E-state index in [0.29, 0.717) is 12.8 Å². The van der Waals surface area contributed by atoms with Crippen molar-refractivity contribution in [3.8, 4) is 0 Å². The number of nitrogens with zero attached hydrogens (tertiary/aromatic N) is 1. The van der Waals surface area contributed by atoms with Gasteiger partial charge in [-0.2, -0.15) is 0 Å². The molecule has 0 atom stereocenters. The summed E-state index contributed by atoms with van der Waals surface area (Å²) < 4.78 is 27.5. The number of hydrogen-bond donors (Lipinski definition) is 1. The predicted octanol–water partition coefficient (Wildman–Crippen LogP) is 3.88. The molecule has 0 radical (unpaired) electrons. The minimum absolute atomic E-state index is 0.0111. The summed E-state index contributed by atoms with van der Waals surface area (Å²) in [6.45, 7) is -0.0111. The van der Waals surface area contributed by atoms with E-state index in [2.05, 4.69) is 0 Å². The molecule has 2 aliphatic rings. The van der Waals surface area contributed by atoms with Gasteiger partial charge in [-0.25, -0.2) is 8.78 Å². The van der Waals surface area contributed by atoms with E-state index >= 15 is 0 Å². The average molecular weight is 351 g/mol. The Balaban J connectivity index is 1.80. The van der Waals surface area contributed by atoms with Crippen LogP contribution in [0, 0.1) is 17.0 Å². The summed E-state index contributed by atoms with van der Waals surface area (Å²) in [7, 11) is 0. The molecule has 2 aliphatic carbocycles. The van der Waals surface area contributed by atoms with E-state index in [1.54, 1.807) is 4.90 Å². The maximum absolute atomic E-state index is 14.0. The molecule has 3 rings (SSSR count). The lowest BCUT2D eigenvalue weighted by molar-refractivity contribution is -0.160. The van der Waals surface area contributed by atoms with Gasteiger partial charge < -0.3 is 10.0 Å². The van der Waals surface area contributed by atoms with Crippen LogP contribution in [0.15, 0.2) is 18.2 Å². The number of carboxylic acids is 1. The van der Waals surface area contributed by atoms with Gasteiger partial charge in [0.15, 0.2) is 0 Å². The first-order chi connectivity index (χ1) is 11.9. The maximum atomic E-state index is 14.0. The fourth-order valence-electron chi connectivity index (χ4n) is 3.95. The number of carbonyl (C=O) groups excluding carboxylic acids is 1. The Morgan fingerprint density at radius 2 is 1.84 bits per heavy atom. The maximum Gasteiger partial charge on any atom is 0.310 e. The molecule has 0 heterocycles. The molecular weight excluding hydrogens is 328 g/mol. The first-order valence-electron chi connectivity index (χ1n) is 8.88. The van der Waals surface area contributed by atoms with Crippen molar-refractivity contribution in [2.45, 2.75) is 64.0 Å². The van der Waals surface area contributed by atoms with Crippen molar-refractivity contribution in [3.63, 3.8) is 0 Å². The van der Waals surface area contributed by atoms with E-state index < -0.39 is 23.0 Å². The van der Waals surface area contributed by atoms with Crippen LogP contribution in [0.1, 0.15) is 56.9 Å². The molecule has 6 heteroatoms. The Morgan fingerprint density at radius 3 is 2.40 bits per heavy atom. The van der Waals surface area contributed by atoms with Gasteiger partial charge in [0, 0.05) is 24.6 Å². The molecular formula is C19H23F2NO3. The van der Waals surface area contributed by atoms with Gasteiger partial charge in [0.05, 0.1) is 5.41 Å². The monoisotopic (exact) mass is 351 g/mol. The SMILES string of the molecule is O=C(CC1(C(=O)O)CCC1)N(Cc1cc(F)ccc1F)C1CCCC1. The van der Waals surface area contributed by atoms with Gasteiger partial charge >= 0.3 is 5.97 Å². The van der Waals surface area contributed by atoms with E-state index in [1.165, 1.54) is 0 Å². The fraction of sp³-hybridized carbons (Fsp3) is 0.579. The molecule has 0 unspecified atom stereocenters. The van der Waals surface area contributed by atoms with Gasteiger partial charge in [-0.1, -0.05) is 19.3 Å². The highest BCUT2D eigenvalue weighted by Gasteiger charge is 2.47. The highest BCUT2D eigenvalue weighted by atomic mass is 19.1. The topological polar surface area (TPSA) is 57.6 Å². The Bertz CT molecular complexity index is 667. The molecule has 136 valence electrons. The van der Waals surface area contributed by atoms with Crippen LogP contribution >= 0.6 is 0 Å². The molecule has 1 aromatic carbocycles. The normalized spacial score (nSPS) is 19.4. The lowest BCUT2D eigenvalue weighted by Gasteiger charge is -2.39.